The summed E-state index contributed by atoms with van der Waals surface area (Å²) in [4.78, 5) is 2.52. The van der Waals surface area contributed by atoms with Crippen molar-refractivity contribution in [3.8, 4) is 11.3 Å². The summed E-state index contributed by atoms with van der Waals surface area (Å²) < 4.78 is 13.3. The van der Waals surface area contributed by atoms with Gasteiger partial charge in [0.05, 0.1) is 11.4 Å². The van der Waals surface area contributed by atoms with Gasteiger partial charge in [0.25, 0.3) is 0 Å². The lowest BCUT2D eigenvalue weighted by molar-refractivity contribution is 0.239. The minimum absolute atomic E-state index is 0.200. The molecule has 0 radical (unpaired) electrons. The molecule has 2 aliphatic heterocycles. The second-order valence-corrected chi connectivity index (χ2v) is 6.22. The molecule has 2 unspecified atom stereocenters. The van der Waals surface area contributed by atoms with Gasteiger partial charge in [-0.2, -0.15) is 10.2 Å². The van der Waals surface area contributed by atoms with E-state index >= 15 is 0 Å². The highest BCUT2D eigenvalue weighted by molar-refractivity contribution is 5.58. The van der Waals surface area contributed by atoms with Crippen molar-refractivity contribution in [2.45, 2.75) is 24.7 Å². The van der Waals surface area contributed by atoms with Crippen LogP contribution < -0.4 is 0 Å². The quantitative estimate of drug-likeness (QED) is 0.848. The molecule has 0 amide bonds. The largest absolute Gasteiger partial charge is 0.302 e. The Morgan fingerprint density at radius 3 is 2.81 bits per heavy atom. The van der Waals surface area contributed by atoms with Crippen LogP contribution in [0.25, 0.3) is 11.3 Å². The Morgan fingerprint density at radius 1 is 1.05 bits per heavy atom. The molecule has 2 bridgehead atoms. The molecule has 2 aromatic rings. The predicted molar refractivity (Wildman–Crippen MR) is 79.4 cm³/mol. The van der Waals surface area contributed by atoms with E-state index in [2.05, 4.69) is 21.2 Å². The first-order chi connectivity index (χ1) is 10.3. The minimum Gasteiger partial charge on any atom is -0.302 e. The van der Waals surface area contributed by atoms with Crippen molar-refractivity contribution in [1.29, 1.82) is 0 Å². The van der Waals surface area contributed by atoms with Crippen LogP contribution >= 0.6 is 0 Å². The third-order valence-corrected chi connectivity index (χ3v) is 4.89. The third-order valence-electron chi connectivity index (χ3n) is 4.89. The van der Waals surface area contributed by atoms with Gasteiger partial charge in [0.1, 0.15) is 5.82 Å². The maximum atomic E-state index is 13.3. The molecule has 2 saturated heterocycles. The average Bonchev–Trinajstić information content (AvgIpc) is 2.83. The normalized spacial score (nSPS) is 27.8. The Morgan fingerprint density at radius 2 is 2.00 bits per heavy atom. The fraction of sp³-hybridized carbons (Fsp3) is 0.412. The zero-order chi connectivity index (χ0) is 14.3. The molecule has 2 aliphatic rings. The van der Waals surface area contributed by atoms with E-state index in [0.717, 1.165) is 23.5 Å². The van der Waals surface area contributed by atoms with Gasteiger partial charge >= 0.3 is 0 Å². The van der Waals surface area contributed by atoms with E-state index in [1.54, 1.807) is 6.07 Å². The van der Waals surface area contributed by atoms with Gasteiger partial charge in [-0.05, 0) is 56.6 Å². The number of benzene rings is 1. The van der Waals surface area contributed by atoms with E-state index in [4.69, 9.17) is 0 Å². The first kappa shape index (κ1) is 12.9. The van der Waals surface area contributed by atoms with Crippen molar-refractivity contribution in [1.82, 2.24) is 15.1 Å². The van der Waals surface area contributed by atoms with Crippen LogP contribution in [-0.4, -0.2) is 34.7 Å². The van der Waals surface area contributed by atoms with Crippen molar-refractivity contribution < 1.29 is 4.39 Å². The van der Waals surface area contributed by atoms with Crippen molar-refractivity contribution in [2.75, 3.05) is 19.6 Å². The fourth-order valence-electron chi connectivity index (χ4n) is 3.75. The standard InChI is InChI=1S/C17H18FN3/c18-14-4-1-3-13(11-14)15-5-6-16(20-19-15)17-7-2-9-21(12-17)10-8-17/h1,3-6,11H,2,7-10,12H2. The maximum Gasteiger partial charge on any atom is 0.123 e. The topological polar surface area (TPSA) is 29.0 Å². The number of hydrogen-bond donors (Lipinski definition) is 0. The van der Waals surface area contributed by atoms with Crippen LogP contribution in [0.5, 0.6) is 0 Å². The lowest BCUT2D eigenvalue weighted by Crippen LogP contribution is -2.37. The summed E-state index contributed by atoms with van der Waals surface area (Å²) in [5.41, 5.74) is 2.82. The molecule has 0 aliphatic carbocycles. The van der Waals surface area contributed by atoms with E-state index < -0.39 is 0 Å². The lowest BCUT2D eigenvalue weighted by Gasteiger charge is -2.33. The molecule has 2 atom stereocenters. The number of piperidine rings is 1. The molecule has 4 heteroatoms. The number of nitrogens with zero attached hydrogens (tertiary/aromatic N) is 3. The predicted octanol–water partition coefficient (Wildman–Crippen LogP) is 3.02. The van der Waals surface area contributed by atoms with Crippen molar-refractivity contribution >= 4 is 0 Å². The second kappa shape index (κ2) is 4.88. The molecular formula is C17H18FN3. The number of fused-ring (bicyclic) bond motifs is 2. The summed E-state index contributed by atoms with van der Waals surface area (Å²) in [6, 6.07) is 10.6. The van der Waals surface area contributed by atoms with Crippen LogP contribution in [0.3, 0.4) is 0 Å². The van der Waals surface area contributed by atoms with E-state index in [-0.39, 0.29) is 11.2 Å². The molecule has 3 nitrogen and oxygen atoms in total. The monoisotopic (exact) mass is 283 g/mol. The van der Waals surface area contributed by atoms with Crippen molar-refractivity contribution in [3.05, 3.63) is 47.9 Å². The zero-order valence-electron chi connectivity index (χ0n) is 11.9. The summed E-state index contributed by atoms with van der Waals surface area (Å²) in [5.74, 6) is -0.240. The second-order valence-electron chi connectivity index (χ2n) is 6.22. The van der Waals surface area contributed by atoms with Gasteiger partial charge in [-0.25, -0.2) is 4.39 Å². The summed E-state index contributed by atoms with van der Waals surface area (Å²) in [6.07, 6.45) is 3.63. The molecule has 21 heavy (non-hydrogen) atoms. The fourth-order valence-corrected chi connectivity index (χ4v) is 3.75. The van der Waals surface area contributed by atoms with Crippen molar-refractivity contribution in [2.24, 2.45) is 0 Å². The Labute approximate surface area is 123 Å². The van der Waals surface area contributed by atoms with Gasteiger partial charge in [-0.3, -0.25) is 0 Å². The lowest BCUT2D eigenvalue weighted by atomic mass is 9.78. The molecular weight excluding hydrogens is 265 g/mol. The molecule has 0 spiro atoms. The van der Waals surface area contributed by atoms with E-state index in [1.165, 1.54) is 44.5 Å². The molecule has 0 saturated carbocycles. The van der Waals surface area contributed by atoms with E-state index in [9.17, 15) is 4.39 Å². The van der Waals surface area contributed by atoms with Crippen molar-refractivity contribution in [3.63, 3.8) is 0 Å². The van der Waals surface area contributed by atoms with Gasteiger partial charge in [-0.1, -0.05) is 12.1 Å². The summed E-state index contributed by atoms with van der Waals surface area (Å²) >= 11 is 0. The molecule has 108 valence electrons. The molecule has 2 fully saturated rings. The molecule has 4 rings (SSSR count). The molecule has 3 heterocycles. The minimum atomic E-state index is -0.240. The van der Waals surface area contributed by atoms with Crippen LogP contribution in [0.1, 0.15) is 25.0 Å². The van der Waals surface area contributed by atoms with Crippen LogP contribution in [0, 0.1) is 5.82 Å². The highest BCUT2D eigenvalue weighted by Crippen LogP contribution is 2.41. The Balaban J connectivity index is 1.65. The SMILES string of the molecule is Fc1cccc(-c2ccc(C34CCCN(CC3)C4)nn2)c1. The first-order valence-electron chi connectivity index (χ1n) is 7.58. The smallest absolute Gasteiger partial charge is 0.123 e. The van der Waals surface area contributed by atoms with Gasteiger partial charge in [0.2, 0.25) is 0 Å². The van der Waals surface area contributed by atoms with Gasteiger partial charge < -0.3 is 4.90 Å². The summed E-state index contributed by atoms with van der Waals surface area (Å²) in [7, 11) is 0. The molecule has 0 N–H and O–H groups in total. The van der Waals surface area contributed by atoms with Crippen LogP contribution in [0.4, 0.5) is 4.39 Å². The van der Waals surface area contributed by atoms with Gasteiger partial charge in [0, 0.05) is 17.5 Å². The highest BCUT2D eigenvalue weighted by atomic mass is 19.1. The summed E-state index contributed by atoms with van der Waals surface area (Å²) in [6.45, 7) is 3.50. The van der Waals surface area contributed by atoms with Gasteiger partial charge in [0.15, 0.2) is 0 Å². The average molecular weight is 283 g/mol. The maximum absolute atomic E-state index is 13.3. The van der Waals surface area contributed by atoms with Crippen LogP contribution in [0.15, 0.2) is 36.4 Å². The first-order valence-corrected chi connectivity index (χ1v) is 7.58. The highest BCUT2D eigenvalue weighted by Gasteiger charge is 2.43. The molecule has 1 aromatic heterocycles. The number of hydrogen-bond acceptors (Lipinski definition) is 3. The molecule has 1 aromatic carbocycles. The zero-order valence-corrected chi connectivity index (χ0v) is 11.9. The number of aromatic nitrogens is 2. The van der Waals surface area contributed by atoms with E-state index in [0.29, 0.717) is 0 Å². The van der Waals surface area contributed by atoms with Gasteiger partial charge in [-0.15, -0.1) is 0 Å². The third kappa shape index (κ3) is 2.23. The Hall–Kier alpha value is -1.81. The van der Waals surface area contributed by atoms with Crippen LogP contribution in [-0.2, 0) is 5.41 Å². The number of halogens is 1. The van der Waals surface area contributed by atoms with E-state index in [1.807, 2.05) is 12.1 Å². The Bertz CT molecular complexity index is 651. The van der Waals surface area contributed by atoms with Crippen LogP contribution in [0.2, 0.25) is 0 Å². The number of rotatable bonds is 2. The Kier molecular flexibility index (Phi) is 3.00. The summed E-state index contributed by atoms with van der Waals surface area (Å²) in [5, 5.41) is 8.82.